The number of piperidine rings is 2. The minimum atomic E-state index is -0.140. The van der Waals surface area contributed by atoms with Gasteiger partial charge in [-0.15, -0.1) is 0 Å². The largest absolute Gasteiger partial charge is 0.350 e. The van der Waals surface area contributed by atoms with E-state index in [0.717, 1.165) is 42.2 Å². The summed E-state index contributed by atoms with van der Waals surface area (Å²) in [5.74, 6) is 6.41. The first-order chi connectivity index (χ1) is 17.1. The number of thioether (sulfide) groups is 1. The summed E-state index contributed by atoms with van der Waals surface area (Å²) in [5, 5.41) is 5.01. The van der Waals surface area contributed by atoms with Gasteiger partial charge in [0.25, 0.3) is 5.56 Å². The predicted octanol–water partition coefficient (Wildman–Crippen LogP) is 3.13. The fourth-order valence-corrected chi connectivity index (χ4v) is 6.08. The standard InChI is InChI=1S/C25H32N8OS/c1-18(35-25(30-26)32-14-7-20(8-15-32)31-12-3-2-4-13-31)19-16-21(23-27-9-5-10-28-23)24-29-11-6-22(34)33(24)17-19/h5-6,9-11,16-18,20H,2-4,7-8,12-15,26H2,1H3. The number of likely N-dealkylation sites (tertiary alicyclic amines) is 2. The van der Waals surface area contributed by atoms with Crippen molar-refractivity contribution in [3.8, 4) is 11.4 Å². The van der Waals surface area contributed by atoms with Crippen LogP contribution in [0.1, 0.15) is 49.8 Å². The number of fused-ring (bicyclic) bond motifs is 1. The zero-order valence-electron chi connectivity index (χ0n) is 20.1. The third kappa shape index (κ3) is 5.18. The van der Waals surface area contributed by atoms with E-state index in [0.29, 0.717) is 17.5 Å². The summed E-state index contributed by atoms with van der Waals surface area (Å²) in [5.41, 5.74) is 2.09. The van der Waals surface area contributed by atoms with Gasteiger partial charge in [0.15, 0.2) is 16.6 Å². The second-order valence-electron chi connectivity index (χ2n) is 9.22. The van der Waals surface area contributed by atoms with Crippen LogP contribution in [0.4, 0.5) is 0 Å². The zero-order chi connectivity index (χ0) is 24.2. The number of rotatable bonds is 4. The molecule has 2 aliphatic heterocycles. The van der Waals surface area contributed by atoms with Gasteiger partial charge in [0.05, 0.1) is 5.56 Å². The summed E-state index contributed by atoms with van der Waals surface area (Å²) in [4.78, 5) is 30.8. The second kappa shape index (κ2) is 10.7. The van der Waals surface area contributed by atoms with Gasteiger partial charge in [-0.05, 0) is 63.4 Å². The summed E-state index contributed by atoms with van der Waals surface area (Å²) < 4.78 is 1.57. The van der Waals surface area contributed by atoms with Gasteiger partial charge >= 0.3 is 0 Å². The summed E-state index contributed by atoms with van der Waals surface area (Å²) in [6.45, 7) is 6.49. The number of aromatic nitrogens is 4. The van der Waals surface area contributed by atoms with E-state index >= 15 is 0 Å². The quantitative estimate of drug-likeness (QED) is 0.256. The highest BCUT2D eigenvalue weighted by atomic mass is 32.2. The van der Waals surface area contributed by atoms with Gasteiger partial charge in [0, 0.05) is 55.2 Å². The molecule has 5 heterocycles. The fraction of sp³-hybridized carbons (Fsp3) is 0.480. The first-order valence-electron chi connectivity index (χ1n) is 12.4. The maximum atomic E-state index is 12.6. The van der Waals surface area contributed by atoms with Crippen LogP contribution in [0.2, 0.25) is 0 Å². The first kappa shape index (κ1) is 23.7. The van der Waals surface area contributed by atoms with Crippen molar-refractivity contribution in [2.24, 2.45) is 10.9 Å². The minimum Gasteiger partial charge on any atom is -0.350 e. The minimum absolute atomic E-state index is 0.0103. The van der Waals surface area contributed by atoms with Gasteiger partial charge in [0.1, 0.15) is 0 Å². The van der Waals surface area contributed by atoms with E-state index in [2.05, 4.69) is 36.8 Å². The molecule has 0 saturated carbocycles. The lowest BCUT2D eigenvalue weighted by atomic mass is 10.0. The number of hydrogen-bond donors (Lipinski definition) is 1. The average molecular weight is 493 g/mol. The van der Waals surface area contributed by atoms with Crippen molar-refractivity contribution < 1.29 is 0 Å². The van der Waals surface area contributed by atoms with Gasteiger partial charge in [-0.3, -0.25) is 9.20 Å². The molecular formula is C25H32N8OS. The third-order valence-corrected chi connectivity index (χ3v) is 8.22. The van der Waals surface area contributed by atoms with Crippen molar-refractivity contribution in [2.75, 3.05) is 26.2 Å². The van der Waals surface area contributed by atoms with Crippen molar-refractivity contribution in [2.45, 2.75) is 50.3 Å². The lowest BCUT2D eigenvalue weighted by Crippen LogP contribution is -2.47. The van der Waals surface area contributed by atoms with Gasteiger partial charge < -0.3 is 15.6 Å². The van der Waals surface area contributed by atoms with Crippen molar-refractivity contribution >= 4 is 22.6 Å². The molecule has 0 radical (unpaired) electrons. The molecule has 1 unspecified atom stereocenters. The summed E-state index contributed by atoms with van der Waals surface area (Å²) in [6.07, 6.45) is 13.0. The molecule has 3 aromatic rings. The van der Waals surface area contributed by atoms with Crippen LogP contribution >= 0.6 is 11.8 Å². The van der Waals surface area contributed by atoms with Crippen molar-refractivity contribution in [3.05, 3.63) is 58.9 Å². The number of pyridine rings is 1. The molecule has 0 aliphatic carbocycles. The lowest BCUT2D eigenvalue weighted by Gasteiger charge is -2.41. The number of amidine groups is 1. The van der Waals surface area contributed by atoms with E-state index in [1.165, 1.54) is 44.6 Å². The molecule has 184 valence electrons. The van der Waals surface area contributed by atoms with Crippen LogP contribution in [0.5, 0.6) is 0 Å². The van der Waals surface area contributed by atoms with Gasteiger partial charge in [-0.25, -0.2) is 15.0 Å². The van der Waals surface area contributed by atoms with Crippen LogP contribution in [-0.2, 0) is 0 Å². The van der Waals surface area contributed by atoms with Crippen LogP contribution < -0.4 is 11.4 Å². The molecule has 9 nitrogen and oxygen atoms in total. The molecule has 10 heteroatoms. The first-order valence-corrected chi connectivity index (χ1v) is 13.2. The molecule has 2 aliphatic rings. The summed E-state index contributed by atoms with van der Waals surface area (Å²) in [7, 11) is 0. The molecule has 5 rings (SSSR count). The van der Waals surface area contributed by atoms with Gasteiger partial charge in [-0.2, -0.15) is 5.10 Å². The Kier molecular flexibility index (Phi) is 7.29. The van der Waals surface area contributed by atoms with Crippen LogP contribution in [0, 0.1) is 0 Å². The molecule has 1 atom stereocenters. The van der Waals surface area contributed by atoms with E-state index in [-0.39, 0.29) is 10.8 Å². The van der Waals surface area contributed by atoms with E-state index in [9.17, 15) is 4.79 Å². The van der Waals surface area contributed by atoms with Crippen LogP contribution in [0.25, 0.3) is 17.0 Å². The van der Waals surface area contributed by atoms with Crippen molar-refractivity contribution in [1.82, 2.24) is 29.2 Å². The Bertz CT molecular complexity index is 1230. The normalized spacial score (nSPS) is 19.2. The Morgan fingerprint density at radius 2 is 1.83 bits per heavy atom. The molecule has 0 spiro atoms. The Morgan fingerprint density at radius 3 is 2.54 bits per heavy atom. The van der Waals surface area contributed by atoms with E-state index < -0.39 is 0 Å². The highest BCUT2D eigenvalue weighted by Gasteiger charge is 2.28. The molecule has 2 saturated heterocycles. The van der Waals surface area contributed by atoms with Crippen LogP contribution in [0.15, 0.2) is 52.9 Å². The smallest absolute Gasteiger partial charge is 0.257 e. The number of nitrogens with two attached hydrogens (primary N) is 1. The Balaban J connectivity index is 1.35. The Hall–Kier alpha value is -2.98. The van der Waals surface area contributed by atoms with E-state index in [1.807, 2.05) is 12.3 Å². The summed E-state index contributed by atoms with van der Waals surface area (Å²) >= 11 is 1.62. The molecule has 35 heavy (non-hydrogen) atoms. The Labute approximate surface area is 209 Å². The number of hydrogen-bond acceptors (Lipinski definition) is 8. The third-order valence-electron chi connectivity index (χ3n) is 7.02. The Morgan fingerprint density at radius 1 is 1.09 bits per heavy atom. The number of hydrazone groups is 1. The molecular weight excluding hydrogens is 460 g/mol. The maximum Gasteiger partial charge on any atom is 0.257 e. The van der Waals surface area contributed by atoms with Crippen molar-refractivity contribution in [1.29, 1.82) is 0 Å². The van der Waals surface area contributed by atoms with Crippen LogP contribution in [-0.4, -0.2) is 66.5 Å². The topological polar surface area (TPSA) is 105 Å². The fourth-order valence-electron chi connectivity index (χ4n) is 5.10. The monoisotopic (exact) mass is 492 g/mol. The molecule has 0 amide bonds. The molecule has 2 fully saturated rings. The van der Waals surface area contributed by atoms with E-state index in [1.54, 1.807) is 34.6 Å². The molecule has 0 bridgehead atoms. The maximum absolute atomic E-state index is 12.6. The van der Waals surface area contributed by atoms with E-state index in [4.69, 9.17) is 5.84 Å². The lowest BCUT2D eigenvalue weighted by molar-refractivity contribution is 0.115. The molecule has 3 aromatic heterocycles. The molecule has 2 N–H and O–H groups in total. The van der Waals surface area contributed by atoms with Gasteiger partial charge in [0.2, 0.25) is 0 Å². The van der Waals surface area contributed by atoms with Gasteiger partial charge in [-0.1, -0.05) is 18.2 Å². The highest BCUT2D eigenvalue weighted by Crippen LogP contribution is 2.34. The zero-order valence-corrected chi connectivity index (χ0v) is 20.9. The second-order valence-corrected chi connectivity index (χ2v) is 10.5. The van der Waals surface area contributed by atoms with Crippen LogP contribution in [0.3, 0.4) is 0 Å². The molecule has 0 aromatic carbocycles. The summed E-state index contributed by atoms with van der Waals surface area (Å²) in [6, 6.07) is 5.92. The average Bonchev–Trinajstić information content (AvgIpc) is 2.92. The predicted molar refractivity (Wildman–Crippen MR) is 140 cm³/mol. The number of nitrogens with zero attached hydrogens (tertiary/aromatic N) is 7. The van der Waals surface area contributed by atoms with Crippen molar-refractivity contribution in [3.63, 3.8) is 0 Å². The SMILES string of the molecule is CC(SC(=NN)N1CCC(N2CCCCC2)CC1)c1cc(-c2ncccn2)c2nccc(=O)n2c1. The highest BCUT2D eigenvalue weighted by molar-refractivity contribution is 8.13.